The van der Waals surface area contributed by atoms with Crippen molar-refractivity contribution in [1.82, 2.24) is 9.47 Å². The van der Waals surface area contributed by atoms with Crippen molar-refractivity contribution in [3.05, 3.63) is 69.8 Å². The molecule has 0 bridgehead atoms. The average Bonchev–Trinajstić information content (AvgIpc) is 3.47. The van der Waals surface area contributed by atoms with Crippen molar-refractivity contribution in [1.29, 1.82) is 0 Å². The number of benzene rings is 2. The lowest BCUT2D eigenvalue weighted by atomic mass is 10.2. The topological polar surface area (TPSA) is 50.7 Å². The summed E-state index contributed by atoms with van der Waals surface area (Å²) >= 11 is 7.73. The molecule has 2 aromatic heterocycles. The lowest BCUT2D eigenvalue weighted by Crippen LogP contribution is -2.27. The maximum atomic E-state index is 12.0. The first kappa shape index (κ1) is 20.1. The van der Waals surface area contributed by atoms with Gasteiger partial charge in [-0.1, -0.05) is 35.9 Å². The fourth-order valence-electron chi connectivity index (χ4n) is 3.96. The van der Waals surface area contributed by atoms with Crippen LogP contribution >= 0.6 is 22.9 Å². The van der Waals surface area contributed by atoms with Crippen molar-refractivity contribution in [2.45, 2.75) is 25.8 Å². The van der Waals surface area contributed by atoms with Crippen LogP contribution in [-0.4, -0.2) is 28.5 Å². The molecule has 2 aromatic carbocycles. The Kier molecular flexibility index (Phi) is 5.66. The lowest BCUT2D eigenvalue weighted by molar-refractivity contribution is -0.127. The van der Waals surface area contributed by atoms with Gasteiger partial charge < -0.3 is 13.9 Å². The van der Waals surface area contributed by atoms with Crippen LogP contribution in [0.2, 0.25) is 5.02 Å². The fraction of sp³-hybridized carbons (Fsp3) is 0.250. The predicted octanol–water partition coefficient (Wildman–Crippen LogP) is 5.86. The van der Waals surface area contributed by atoms with Gasteiger partial charge in [0.05, 0.1) is 11.4 Å². The van der Waals surface area contributed by atoms with Gasteiger partial charge in [0.2, 0.25) is 5.91 Å². The highest BCUT2D eigenvalue weighted by atomic mass is 35.5. The van der Waals surface area contributed by atoms with E-state index < -0.39 is 0 Å². The molecule has 0 N–H and O–H groups in total. The SMILES string of the molecule is O=C1CCCN1CCCn1c(-c2cc3ccccc3o2)csc1=Nc1cccc(Cl)c1. The number of rotatable bonds is 6. The largest absolute Gasteiger partial charge is 0.454 e. The molecule has 0 atom stereocenters. The van der Waals surface area contributed by atoms with Gasteiger partial charge >= 0.3 is 0 Å². The summed E-state index contributed by atoms with van der Waals surface area (Å²) in [5, 5.41) is 3.82. The van der Waals surface area contributed by atoms with E-state index in [4.69, 9.17) is 21.0 Å². The van der Waals surface area contributed by atoms with Crippen molar-refractivity contribution in [3.8, 4) is 11.5 Å². The molecule has 5 nitrogen and oxygen atoms in total. The Morgan fingerprint density at radius 1 is 1.10 bits per heavy atom. The number of aromatic nitrogens is 1. The third-order valence-electron chi connectivity index (χ3n) is 5.49. The molecular formula is C24H22ClN3O2S. The van der Waals surface area contributed by atoms with E-state index in [0.717, 1.165) is 65.4 Å². The summed E-state index contributed by atoms with van der Waals surface area (Å²) in [6.45, 7) is 2.38. The van der Waals surface area contributed by atoms with E-state index in [0.29, 0.717) is 11.4 Å². The van der Waals surface area contributed by atoms with E-state index in [1.807, 2.05) is 47.4 Å². The molecule has 5 rings (SSSR count). The number of carbonyl (C=O) groups excluding carboxylic acids is 1. The summed E-state index contributed by atoms with van der Waals surface area (Å²) in [6.07, 6.45) is 2.49. The molecule has 0 saturated carbocycles. The minimum atomic E-state index is 0.261. The van der Waals surface area contributed by atoms with Crippen LogP contribution in [0.3, 0.4) is 0 Å². The second-order valence-corrected chi connectivity index (χ2v) is 8.91. The van der Waals surface area contributed by atoms with Crippen molar-refractivity contribution in [2.24, 2.45) is 4.99 Å². The standard InChI is InChI=1S/C24H22ClN3O2S/c25-18-7-3-8-19(15-18)26-24-28(13-5-12-27-11-4-10-23(27)29)20(16-31-24)22-14-17-6-1-2-9-21(17)30-22/h1-3,6-9,14-16H,4-5,10-13H2. The Balaban J connectivity index is 1.51. The Labute approximate surface area is 189 Å². The predicted molar refractivity (Wildman–Crippen MR) is 125 cm³/mol. The number of fused-ring (bicyclic) bond motifs is 1. The van der Waals surface area contributed by atoms with E-state index in [9.17, 15) is 4.79 Å². The number of likely N-dealkylation sites (tertiary alicyclic amines) is 1. The summed E-state index contributed by atoms with van der Waals surface area (Å²) in [5.74, 6) is 1.08. The van der Waals surface area contributed by atoms with Crippen molar-refractivity contribution >= 4 is 45.5 Å². The first-order valence-corrected chi connectivity index (χ1v) is 11.7. The first-order chi connectivity index (χ1) is 15.2. The summed E-state index contributed by atoms with van der Waals surface area (Å²) in [7, 11) is 0. The monoisotopic (exact) mass is 451 g/mol. The molecule has 0 unspecified atom stereocenters. The van der Waals surface area contributed by atoms with Crippen molar-refractivity contribution in [3.63, 3.8) is 0 Å². The third kappa shape index (κ3) is 4.31. The average molecular weight is 452 g/mol. The summed E-state index contributed by atoms with van der Waals surface area (Å²) in [4.78, 5) is 19.7. The molecule has 4 aromatic rings. The number of hydrogen-bond acceptors (Lipinski definition) is 4. The normalized spacial score (nSPS) is 14.8. The number of carbonyl (C=O) groups is 1. The molecule has 1 saturated heterocycles. The zero-order valence-electron chi connectivity index (χ0n) is 17.0. The smallest absolute Gasteiger partial charge is 0.222 e. The highest BCUT2D eigenvalue weighted by molar-refractivity contribution is 7.07. The van der Waals surface area contributed by atoms with Crippen LogP contribution in [0.25, 0.3) is 22.4 Å². The maximum absolute atomic E-state index is 12.0. The third-order valence-corrected chi connectivity index (χ3v) is 6.59. The van der Waals surface area contributed by atoms with Gasteiger partial charge in [-0.2, -0.15) is 0 Å². The van der Waals surface area contributed by atoms with Crippen LogP contribution in [0.1, 0.15) is 19.3 Å². The molecule has 0 radical (unpaired) electrons. The van der Waals surface area contributed by atoms with Gasteiger partial charge in [0.25, 0.3) is 0 Å². The Morgan fingerprint density at radius 2 is 2.00 bits per heavy atom. The van der Waals surface area contributed by atoms with Crippen LogP contribution in [0.15, 0.2) is 69.4 Å². The van der Waals surface area contributed by atoms with E-state index >= 15 is 0 Å². The van der Waals surface area contributed by atoms with Gasteiger partial charge in [0.15, 0.2) is 10.6 Å². The summed E-state index contributed by atoms with van der Waals surface area (Å²) < 4.78 is 8.32. The number of thiazole rings is 1. The molecule has 31 heavy (non-hydrogen) atoms. The first-order valence-electron chi connectivity index (χ1n) is 10.4. The number of halogens is 1. The zero-order chi connectivity index (χ0) is 21.2. The van der Waals surface area contributed by atoms with E-state index in [-0.39, 0.29) is 5.91 Å². The van der Waals surface area contributed by atoms with E-state index in [1.165, 1.54) is 0 Å². The fourth-order valence-corrected chi connectivity index (χ4v) is 5.08. The second-order valence-electron chi connectivity index (χ2n) is 7.63. The summed E-state index contributed by atoms with van der Waals surface area (Å²) in [5.41, 5.74) is 2.68. The number of amides is 1. The second kappa shape index (κ2) is 8.73. The van der Waals surface area contributed by atoms with Crippen LogP contribution in [0, 0.1) is 0 Å². The molecule has 1 amide bonds. The molecule has 3 heterocycles. The Hall–Kier alpha value is -2.83. The molecule has 0 aliphatic carbocycles. The van der Waals surface area contributed by atoms with Gasteiger partial charge in [0.1, 0.15) is 5.58 Å². The van der Waals surface area contributed by atoms with Crippen LogP contribution in [-0.2, 0) is 11.3 Å². The number of nitrogens with zero attached hydrogens (tertiary/aromatic N) is 3. The molecule has 1 fully saturated rings. The highest BCUT2D eigenvalue weighted by Gasteiger charge is 2.20. The molecule has 7 heteroatoms. The van der Waals surface area contributed by atoms with Gasteiger partial charge in [-0.15, -0.1) is 11.3 Å². The Bertz CT molecular complexity index is 1270. The van der Waals surface area contributed by atoms with Gasteiger partial charge in [-0.25, -0.2) is 4.99 Å². The quantitative estimate of drug-likeness (QED) is 0.368. The van der Waals surface area contributed by atoms with Crippen LogP contribution < -0.4 is 4.80 Å². The highest BCUT2D eigenvalue weighted by Crippen LogP contribution is 2.28. The van der Waals surface area contributed by atoms with Gasteiger partial charge in [-0.3, -0.25) is 4.79 Å². The summed E-state index contributed by atoms with van der Waals surface area (Å²) in [6, 6.07) is 17.6. The molecule has 1 aliphatic heterocycles. The minimum absolute atomic E-state index is 0.261. The molecule has 0 spiro atoms. The van der Waals surface area contributed by atoms with Gasteiger partial charge in [-0.05, 0) is 43.2 Å². The van der Waals surface area contributed by atoms with Crippen LogP contribution in [0.4, 0.5) is 5.69 Å². The number of para-hydroxylation sites is 1. The van der Waals surface area contributed by atoms with E-state index in [1.54, 1.807) is 11.3 Å². The molecular weight excluding hydrogens is 430 g/mol. The maximum Gasteiger partial charge on any atom is 0.222 e. The minimum Gasteiger partial charge on any atom is -0.454 e. The molecule has 158 valence electrons. The zero-order valence-corrected chi connectivity index (χ0v) is 18.5. The lowest BCUT2D eigenvalue weighted by Gasteiger charge is -2.16. The molecule has 1 aliphatic rings. The van der Waals surface area contributed by atoms with Crippen LogP contribution in [0.5, 0.6) is 0 Å². The van der Waals surface area contributed by atoms with Gasteiger partial charge in [0, 0.05) is 41.8 Å². The van der Waals surface area contributed by atoms with Crippen molar-refractivity contribution in [2.75, 3.05) is 13.1 Å². The van der Waals surface area contributed by atoms with Crippen molar-refractivity contribution < 1.29 is 9.21 Å². The number of furan rings is 1. The van der Waals surface area contributed by atoms with E-state index in [2.05, 4.69) is 22.1 Å². The number of hydrogen-bond donors (Lipinski definition) is 0. The Morgan fingerprint density at radius 3 is 2.81 bits per heavy atom.